The van der Waals surface area contributed by atoms with Crippen LogP contribution in [0.15, 0.2) is 18.3 Å². The first-order valence-electron chi connectivity index (χ1n) is 5.12. The first-order chi connectivity index (χ1) is 8.43. The molecule has 0 aliphatic rings. The van der Waals surface area contributed by atoms with Crippen LogP contribution >= 0.6 is 0 Å². The number of ether oxygens (including phenoxy) is 1. The zero-order valence-corrected chi connectivity index (χ0v) is 10.5. The van der Waals surface area contributed by atoms with Crippen LogP contribution in [-0.4, -0.2) is 32.2 Å². The standard InChI is InChI=1S/C10H13FN2O4S/c1-17-10(14)3-2-6-18(15,16)13-9-5-4-8(11)7-12-9/h4-5,7H,2-3,6H2,1H3,(H,12,13). The molecule has 1 aromatic heterocycles. The number of nitrogens with one attached hydrogen (secondary N) is 1. The summed E-state index contributed by atoms with van der Waals surface area (Å²) in [5.41, 5.74) is 0. The molecule has 6 nitrogen and oxygen atoms in total. The lowest BCUT2D eigenvalue weighted by Gasteiger charge is -2.06. The molecule has 0 fully saturated rings. The Morgan fingerprint density at radius 2 is 2.22 bits per heavy atom. The van der Waals surface area contributed by atoms with Gasteiger partial charge >= 0.3 is 5.97 Å². The first kappa shape index (κ1) is 14.4. The fourth-order valence-corrected chi connectivity index (χ4v) is 2.22. The molecular formula is C10H13FN2O4S. The normalized spacial score (nSPS) is 11.0. The summed E-state index contributed by atoms with van der Waals surface area (Å²) in [6, 6.07) is 2.31. The second-order valence-electron chi connectivity index (χ2n) is 3.46. The van der Waals surface area contributed by atoms with Crippen LogP contribution in [0.4, 0.5) is 10.2 Å². The lowest BCUT2D eigenvalue weighted by atomic mass is 10.3. The number of nitrogens with zero attached hydrogens (tertiary/aromatic N) is 1. The van der Waals surface area contributed by atoms with Crippen molar-refractivity contribution in [2.75, 3.05) is 17.6 Å². The van der Waals surface area contributed by atoms with Gasteiger partial charge < -0.3 is 4.74 Å². The molecule has 0 unspecified atom stereocenters. The maximum absolute atomic E-state index is 12.6. The van der Waals surface area contributed by atoms with Crippen molar-refractivity contribution in [1.82, 2.24) is 4.98 Å². The highest BCUT2D eigenvalue weighted by atomic mass is 32.2. The zero-order chi connectivity index (χ0) is 13.6. The number of carbonyl (C=O) groups excluding carboxylic acids is 1. The Hall–Kier alpha value is -1.70. The van der Waals surface area contributed by atoms with Gasteiger partial charge in [-0.3, -0.25) is 9.52 Å². The van der Waals surface area contributed by atoms with Gasteiger partial charge in [0, 0.05) is 6.42 Å². The summed E-state index contributed by atoms with van der Waals surface area (Å²) >= 11 is 0. The Morgan fingerprint density at radius 1 is 1.50 bits per heavy atom. The van der Waals surface area contributed by atoms with Crippen LogP contribution in [-0.2, 0) is 19.6 Å². The molecule has 1 heterocycles. The zero-order valence-electron chi connectivity index (χ0n) is 9.72. The van der Waals surface area contributed by atoms with E-state index in [0.717, 1.165) is 12.3 Å². The summed E-state index contributed by atoms with van der Waals surface area (Å²) in [7, 11) is -2.36. The van der Waals surface area contributed by atoms with Gasteiger partial charge in [0.2, 0.25) is 10.0 Å². The average molecular weight is 276 g/mol. The van der Waals surface area contributed by atoms with Crippen molar-refractivity contribution >= 4 is 21.8 Å². The molecule has 1 aromatic rings. The van der Waals surface area contributed by atoms with Gasteiger partial charge in [0.1, 0.15) is 11.6 Å². The molecule has 0 saturated heterocycles. The van der Waals surface area contributed by atoms with Crippen LogP contribution in [0.1, 0.15) is 12.8 Å². The molecule has 1 N–H and O–H groups in total. The van der Waals surface area contributed by atoms with Gasteiger partial charge in [-0.05, 0) is 18.6 Å². The molecule has 0 saturated carbocycles. The number of hydrogen-bond donors (Lipinski definition) is 1. The maximum atomic E-state index is 12.6. The number of esters is 1. The van der Waals surface area contributed by atoms with Crippen LogP contribution in [0.25, 0.3) is 0 Å². The Bertz CT molecular complexity index is 501. The molecule has 0 atom stereocenters. The number of halogens is 1. The van der Waals surface area contributed by atoms with Crippen molar-refractivity contribution in [2.45, 2.75) is 12.8 Å². The predicted molar refractivity (Wildman–Crippen MR) is 62.9 cm³/mol. The highest BCUT2D eigenvalue weighted by molar-refractivity contribution is 7.92. The van der Waals surface area contributed by atoms with Crippen molar-refractivity contribution in [3.05, 3.63) is 24.1 Å². The Morgan fingerprint density at radius 3 is 2.78 bits per heavy atom. The summed E-state index contributed by atoms with van der Waals surface area (Å²) in [5, 5.41) is 0. The highest BCUT2D eigenvalue weighted by Gasteiger charge is 2.12. The van der Waals surface area contributed by atoms with Gasteiger partial charge in [0.15, 0.2) is 0 Å². The molecule has 0 aliphatic carbocycles. The highest BCUT2D eigenvalue weighted by Crippen LogP contribution is 2.07. The molecule has 0 spiro atoms. The third kappa shape index (κ3) is 5.09. The molecule has 0 amide bonds. The van der Waals surface area contributed by atoms with E-state index in [9.17, 15) is 17.6 Å². The van der Waals surface area contributed by atoms with E-state index in [-0.39, 0.29) is 24.4 Å². The van der Waals surface area contributed by atoms with Crippen LogP contribution in [0.3, 0.4) is 0 Å². The lowest BCUT2D eigenvalue weighted by Crippen LogP contribution is -2.18. The third-order valence-electron chi connectivity index (χ3n) is 2.01. The number of sulfonamides is 1. The van der Waals surface area contributed by atoms with E-state index in [4.69, 9.17) is 0 Å². The molecule has 1 rings (SSSR count). The summed E-state index contributed by atoms with van der Waals surface area (Å²) in [6.07, 6.45) is 1.07. The van der Waals surface area contributed by atoms with Crippen molar-refractivity contribution in [3.8, 4) is 0 Å². The van der Waals surface area contributed by atoms with Crippen molar-refractivity contribution in [1.29, 1.82) is 0 Å². The smallest absolute Gasteiger partial charge is 0.305 e. The summed E-state index contributed by atoms with van der Waals surface area (Å²) in [6.45, 7) is 0. The van der Waals surface area contributed by atoms with Crippen molar-refractivity contribution in [3.63, 3.8) is 0 Å². The van der Waals surface area contributed by atoms with Crippen LogP contribution in [0.2, 0.25) is 0 Å². The van der Waals surface area contributed by atoms with E-state index in [1.54, 1.807) is 0 Å². The Kier molecular flexibility index (Phi) is 5.02. The average Bonchev–Trinajstić information content (AvgIpc) is 2.31. The van der Waals surface area contributed by atoms with Crippen molar-refractivity contribution in [2.24, 2.45) is 0 Å². The lowest BCUT2D eigenvalue weighted by molar-refractivity contribution is -0.140. The molecule has 0 bridgehead atoms. The summed E-state index contributed by atoms with van der Waals surface area (Å²) in [4.78, 5) is 14.4. The third-order valence-corrected chi connectivity index (χ3v) is 3.36. The topological polar surface area (TPSA) is 85.4 Å². The second-order valence-corrected chi connectivity index (χ2v) is 5.30. The Labute approximate surface area is 104 Å². The minimum atomic E-state index is -3.59. The number of rotatable bonds is 6. The maximum Gasteiger partial charge on any atom is 0.305 e. The van der Waals surface area contributed by atoms with E-state index in [1.807, 2.05) is 0 Å². The van der Waals surface area contributed by atoms with Gasteiger partial charge in [-0.25, -0.2) is 17.8 Å². The van der Waals surface area contributed by atoms with Gasteiger partial charge in [-0.15, -0.1) is 0 Å². The number of methoxy groups -OCH3 is 1. The number of hydrogen-bond acceptors (Lipinski definition) is 5. The van der Waals surface area contributed by atoms with Crippen LogP contribution < -0.4 is 4.72 Å². The molecule has 18 heavy (non-hydrogen) atoms. The van der Waals surface area contributed by atoms with Crippen molar-refractivity contribution < 1.29 is 22.3 Å². The van der Waals surface area contributed by atoms with E-state index < -0.39 is 21.8 Å². The fraction of sp³-hybridized carbons (Fsp3) is 0.400. The van der Waals surface area contributed by atoms with E-state index >= 15 is 0 Å². The largest absolute Gasteiger partial charge is 0.469 e. The van der Waals surface area contributed by atoms with Gasteiger partial charge in [-0.1, -0.05) is 0 Å². The quantitative estimate of drug-likeness (QED) is 0.781. The number of anilines is 1. The Balaban J connectivity index is 2.49. The fourth-order valence-electron chi connectivity index (χ4n) is 1.16. The minimum Gasteiger partial charge on any atom is -0.469 e. The van der Waals surface area contributed by atoms with E-state index in [1.165, 1.54) is 13.2 Å². The second kappa shape index (κ2) is 6.29. The SMILES string of the molecule is COC(=O)CCCS(=O)(=O)Nc1ccc(F)cn1. The summed E-state index contributed by atoms with van der Waals surface area (Å²) < 4.78 is 42.2. The number of pyridine rings is 1. The van der Waals surface area contributed by atoms with Crippen LogP contribution in [0.5, 0.6) is 0 Å². The monoisotopic (exact) mass is 276 g/mol. The minimum absolute atomic E-state index is 0.0221. The van der Waals surface area contributed by atoms with E-state index in [2.05, 4.69) is 14.4 Å². The van der Waals surface area contributed by atoms with Gasteiger partial charge in [0.05, 0.1) is 19.1 Å². The van der Waals surface area contributed by atoms with Gasteiger partial charge in [-0.2, -0.15) is 0 Å². The first-order valence-corrected chi connectivity index (χ1v) is 6.77. The van der Waals surface area contributed by atoms with Gasteiger partial charge in [0.25, 0.3) is 0 Å². The number of aromatic nitrogens is 1. The molecule has 100 valence electrons. The molecule has 0 aliphatic heterocycles. The molecule has 0 aromatic carbocycles. The predicted octanol–water partition coefficient (Wildman–Crippen LogP) is 0.916. The number of carbonyl (C=O) groups is 1. The molecule has 0 radical (unpaired) electrons. The van der Waals surface area contributed by atoms with Crippen LogP contribution in [0, 0.1) is 5.82 Å². The summed E-state index contributed by atoms with van der Waals surface area (Å²) in [5.74, 6) is -1.22. The molecular weight excluding hydrogens is 263 g/mol. The molecule has 8 heteroatoms. The van der Waals surface area contributed by atoms with E-state index in [0.29, 0.717) is 0 Å².